The standard InChI is InChI=1S/C28H33N7O2/c1-4-5-8-22-17-35(26-18(2)11-14-23(26)19(3)36)28(37)34(22)16-21-13-12-20(15-29-21)24-9-6-7-10-25(24)27-30-32-33-31-27/h6-7,9-10,12-13,15,17-18,23,26H,4-5,8,11,14,16H2,1-3H3,(H,30,31,32,33). The summed E-state index contributed by atoms with van der Waals surface area (Å²) in [6.07, 6.45) is 8.50. The first-order valence-electron chi connectivity index (χ1n) is 13.1. The second-order valence-corrected chi connectivity index (χ2v) is 10.1. The van der Waals surface area contributed by atoms with E-state index < -0.39 is 0 Å². The van der Waals surface area contributed by atoms with Crippen molar-refractivity contribution >= 4 is 5.78 Å². The van der Waals surface area contributed by atoms with Gasteiger partial charge in [0.1, 0.15) is 5.78 Å². The molecule has 3 unspecified atom stereocenters. The van der Waals surface area contributed by atoms with Crippen LogP contribution in [0.4, 0.5) is 0 Å². The van der Waals surface area contributed by atoms with Crippen LogP contribution in [0.2, 0.25) is 0 Å². The van der Waals surface area contributed by atoms with Crippen LogP contribution < -0.4 is 5.69 Å². The Balaban J connectivity index is 1.46. The largest absolute Gasteiger partial charge is 0.328 e. The molecule has 4 aromatic rings. The van der Waals surface area contributed by atoms with Crippen molar-refractivity contribution in [1.82, 2.24) is 34.7 Å². The van der Waals surface area contributed by atoms with Crippen LogP contribution in [-0.4, -0.2) is 40.5 Å². The summed E-state index contributed by atoms with van der Waals surface area (Å²) in [6.45, 7) is 6.34. The molecular formula is C28H33N7O2. The summed E-state index contributed by atoms with van der Waals surface area (Å²) in [5, 5.41) is 14.3. The lowest BCUT2D eigenvalue weighted by Gasteiger charge is -2.21. The molecule has 0 spiro atoms. The lowest BCUT2D eigenvalue weighted by molar-refractivity contribution is -0.121. The number of tetrazole rings is 1. The third-order valence-corrected chi connectivity index (χ3v) is 7.63. The van der Waals surface area contributed by atoms with E-state index in [2.05, 4.69) is 34.5 Å². The molecule has 3 aromatic heterocycles. The fraction of sp³-hybridized carbons (Fsp3) is 0.429. The number of nitrogens with zero attached hydrogens (tertiary/aromatic N) is 6. The van der Waals surface area contributed by atoms with Crippen LogP contribution in [0.3, 0.4) is 0 Å². The zero-order chi connectivity index (χ0) is 25.9. The number of unbranched alkanes of at least 4 members (excludes halogenated alkanes) is 1. The maximum Gasteiger partial charge on any atom is 0.328 e. The SMILES string of the molecule is CCCCc1cn(C2C(C)CCC2C(C)=O)c(=O)n1Cc1ccc(-c2ccccc2-c2nnn[nH]2)cn1. The van der Waals surface area contributed by atoms with E-state index in [0.717, 1.165) is 60.2 Å². The van der Waals surface area contributed by atoms with Crippen LogP contribution in [0.15, 0.2) is 53.6 Å². The Labute approximate surface area is 216 Å². The van der Waals surface area contributed by atoms with Crippen LogP contribution in [0.1, 0.15) is 63.9 Å². The van der Waals surface area contributed by atoms with E-state index in [9.17, 15) is 9.59 Å². The summed E-state index contributed by atoms with van der Waals surface area (Å²) in [5.74, 6) is 0.957. The first-order chi connectivity index (χ1) is 18.0. The van der Waals surface area contributed by atoms with Crippen molar-refractivity contribution in [3.05, 3.63) is 70.7 Å². The predicted molar refractivity (Wildman–Crippen MR) is 141 cm³/mol. The molecule has 37 heavy (non-hydrogen) atoms. The minimum atomic E-state index is -0.0976. The van der Waals surface area contributed by atoms with Crippen molar-refractivity contribution in [3.8, 4) is 22.5 Å². The lowest BCUT2D eigenvalue weighted by atomic mass is 9.95. The molecule has 192 valence electrons. The molecule has 3 heterocycles. The maximum absolute atomic E-state index is 13.7. The number of H-pyrrole nitrogens is 1. The van der Waals surface area contributed by atoms with Crippen LogP contribution in [0, 0.1) is 11.8 Å². The summed E-state index contributed by atoms with van der Waals surface area (Å²) in [5.41, 5.74) is 4.56. The van der Waals surface area contributed by atoms with Gasteiger partial charge in [-0.1, -0.05) is 50.6 Å². The molecule has 1 aliphatic carbocycles. The van der Waals surface area contributed by atoms with E-state index in [1.807, 2.05) is 57.9 Å². The van der Waals surface area contributed by atoms with Crippen molar-refractivity contribution in [2.45, 2.75) is 65.5 Å². The first kappa shape index (κ1) is 24.8. The van der Waals surface area contributed by atoms with Crippen LogP contribution >= 0.6 is 0 Å². The summed E-state index contributed by atoms with van der Waals surface area (Å²) >= 11 is 0. The zero-order valence-electron chi connectivity index (χ0n) is 21.6. The van der Waals surface area contributed by atoms with Gasteiger partial charge in [-0.25, -0.2) is 9.89 Å². The Hall–Kier alpha value is -3.88. The Morgan fingerprint density at radius 2 is 1.95 bits per heavy atom. The van der Waals surface area contributed by atoms with Crippen molar-refractivity contribution in [3.63, 3.8) is 0 Å². The van der Waals surface area contributed by atoms with Gasteiger partial charge < -0.3 is 0 Å². The predicted octanol–water partition coefficient (Wildman–Crippen LogP) is 4.46. The van der Waals surface area contributed by atoms with E-state index in [0.29, 0.717) is 18.3 Å². The Bertz CT molecular complexity index is 1420. The van der Waals surface area contributed by atoms with Crippen molar-refractivity contribution < 1.29 is 4.79 Å². The second-order valence-electron chi connectivity index (χ2n) is 10.1. The number of aryl methyl sites for hydroxylation is 1. The van der Waals surface area contributed by atoms with Crippen LogP contribution in [-0.2, 0) is 17.8 Å². The molecule has 0 saturated heterocycles. The number of hydrogen-bond acceptors (Lipinski definition) is 6. The van der Waals surface area contributed by atoms with Gasteiger partial charge in [0.15, 0.2) is 5.82 Å². The number of aromatic nitrogens is 7. The van der Waals surface area contributed by atoms with E-state index >= 15 is 0 Å². The van der Waals surface area contributed by atoms with Crippen LogP contribution in [0.25, 0.3) is 22.5 Å². The van der Waals surface area contributed by atoms with E-state index in [4.69, 9.17) is 4.98 Å². The molecule has 1 saturated carbocycles. The number of hydrogen-bond donors (Lipinski definition) is 1. The van der Waals surface area contributed by atoms with Gasteiger partial charge in [0, 0.05) is 35.1 Å². The number of imidazole rings is 1. The van der Waals surface area contributed by atoms with Gasteiger partial charge >= 0.3 is 5.69 Å². The van der Waals surface area contributed by atoms with Crippen molar-refractivity contribution in [1.29, 1.82) is 0 Å². The Kier molecular flexibility index (Phi) is 7.12. The third-order valence-electron chi connectivity index (χ3n) is 7.63. The Morgan fingerprint density at radius 1 is 1.14 bits per heavy atom. The average molecular weight is 500 g/mol. The highest BCUT2D eigenvalue weighted by molar-refractivity contribution is 5.80. The molecule has 9 heteroatoms. The zero-order valence-corrected chi connectivity index (χ0v) is 21.6. The molecule has 1 aliphatic rings. The molecule has 3 atom stereocenters. The number of carbonyl (C=O) groups excluding carboxylic acids is 1. The maximum atomic E-state index is 13.7. The highest BCUT2D eigenvalue weighted by Gasteiger charge is 2.38. The normalized spacial score (nSPS) is 19.4. The second kappa shape index (κ2) is 10.6. The van der Waals surface area contributed by atoms with Gasteiger partial charge in [-0.3, -0.25) is 18.9 Å². The molecule has 9 nitrogen and oxygen atoms in total. The molecule has 0 amide bonds. The average Bonchev–Trinajstić information content (AvgIpc) is 3.64. The first-order valence-corrected chi connectivity index (χ1v) is 13.1. The number of rotatable bonds is 9. The van der Waals surface area contributed by atoms with Gasteiger partial charge in [-0.15, -0.1) is 5.10 Å². The minimum absolute atomic E-state index is 0.0508. The van der Waals surface area contributed by atoms with E-state index in [1.165, 1.54) is 0 Å². The highest BCUT2D eigenvalue weighted by atomic mass is 16.2. The number of carbonyl (C=O) groups is 1. The third kappa shape index (κ3) is 4.90. The minimum Gasteiger partial charge on any atom is -0.300 e. The van der Waals surface area contributed by atoms with Gasteiger partial charge in [0.2, 0.25) is 0 Å². The lowest BCUT2D eigenvalue weighted by Crippen LogP contribution is -2.33. The van der Waals surface area contributed by atoms with Crippen LogP contribution in [0.5, 0.6) is 0 Å². The molecule has 1 fully saturated rings. The van der Waals surface area contributed by atoms with Crippen molar-refractivity contribution in [2.75, 3.05) is 0 Å². The number of Topliss-reactive ketones (excluding diaryl/α,β-unsaturated/α-hetero) is 1. The summed E-state index contributed by atoms with van der Waals surface area (Å²) in [6, 6.07) is 11.8. The van der Waals surface area contributed by atoms with Crippen molar-refractivity contribution in [2.24, 2.45) is 11.8 Å². The molecule has 0 bridgehead atoms. The summed E-state index contributed by atoms with van der Waals surface area (Å²) in [4.78, 5) is 30.7. The summed E-state index contributed by atoms with van der Waals surface area (Å²) in [7, 11) is 0. The Morgan fingerprint density at radius 3 is 2.62 bits per heavy atom. The number of benzene rings is 1. The molecule has 5 rings (SSSR count). The summed E-state index contributed by atoms with van der Waals surface area (Å²) < 4.78 is 3.68. The number of pyridine rings is 1. The fourth-order valence-electron chi connectivity index (χ4n) is 5.63. The molecule has 1 N–H and O–H groups in total. The molecule has 0 aliphatic heterocycles. The van der Waals surface area contributed by atoms with Gasteiger partial charge in [-0.05, 0) is 60.6 Å². The monoisotopic (exact) mass is 499 g/mol. The molecular weight excluding hydrogens is 466 g/mol. The number of aromatic amines is 1. The molecule has 0 radical (unpaired) electrons. The van der Waals surface area contributed by atoms with Gasteiger partial charge in [0.25, 0.3) is 0 Å². The number of nitrogens with one attached hydrogen (secondary N) is 1. The highest BCUT2D eigenvalue weighted by Crippen LogP contribution is 2.40. The smallest absolute Gasteiger partial charge is 0.300 e. The van der Waals surface area contributed by atoms with Gasteiger partial charge in [-0.2, -0.15) is 0 Å². The quantitative estimate of drug-likeness (QED) is 0.364. The van der Waals surface area contributed by atoms with Gasteiger partial charge in [0.05, 0.1) is 18.3 Å². The molecule has 1 aromatic carbocycles. The fourth-order valence-corrected chi connectivity index (χ4v) is 5.63. The topological polar surface area (TPSA) is 111 Å². The number of ketones is 1. The van der Waals surface area contributed by atoms with E-state index in [1.54, 1.807) is 6.92 Å². The van der Waals surface area contributed by atoms with E-state index in [-0.39, 0.29) is 23.4 Å².